The predicted octanol–water partition coefficient (Wildman–Crippen LogP) is 4.86. The molecule has 0 spiro atoms. The summed E-state index contributed by atoms with van der Waals surface area (Å²) in [7, 11) is 0. The van der Waals surface area contributed by atoms with Crippen molar-refractivity contribution in [3.8, 4) is 0 Å². The molecular formula is C17H26FNS. The number of hydrogen-bond acceptors (Lipinski definition) is 2. The highest BCUT2D eigenvalue weighted by atomic mass is 32.2. The molecule has 1 aliphatic rings. The Kier molecular flexibility index (Phi) is 6.37. The normalized spacial score (nSPS) is 26.6. The first-order valence-electron chi connectivity index (χ1n) is 7.88. The van der Waals surface area contributed by atoms with Crippen molar-refractivity contribution in [2.75, 3.05) is 6.54 Å². The molecule has 3 atom stereocenters. The summed E-state index contributed by atoms with van der Waals surface area (Å²) in [5.74, 6) is 0.705. The fourth-order valence-electron chi connectivity index (χ4n) is 2.99. The second-order valence-electron chi connectivity index (χ2n) is 5.76. The number of halogens is 1. The van der Waals surface area contributed by atoms with E-state index in [1.807, 2.05) is 23.9 Å². The van der Waals surface area contributed by atoms with Crippen molar-refractivity contribution in [2.24, 2.45) is 5.92 Å². The van der Waals surface area contributed by atoms with Crippen LogP contribution in [0.1, 0.15) is 46.0 Å². The van der Waals surface area contributed by atoms with Crippen molar-refractivity contribution in [3.05, 3.63) is 30.1 Å². The van der Waals surface area contributed by atoms with E-state index in [1.54, 1.807) is 6.07 Å². The fourth-order valence-corrected chi connectivity index (χ4v) is 4.44. The summed E-state index contributed by atoms with van der Waals surface area (Å²) >= 11 is 1.85. The van der Waals surface area contributed by atoms with Gasteiger partial charge in [-0.25, -0.2) is 4.39 Å². The Bertz CT molecular complexity index is 410. The fraction of sp³-hybridized carbons (Fsp3) is 0.647. The van der Waals surface area contributed by atoms with Crippen LogP contribution in [0.2, 0.25) is 0 Å². The highest BCUT2D eigenvalue weighted by molar-refractivity contribution is 8.00. The lowest BCUT2D eigenvalue weighted by atomic mass is 9.84. The molecule has 1 fully saturated rings. The summed E-state index contributed by atoms with van der Waals surface area (Å²) in [4.78, 5) is 1.06. The SMILES string of the molecule is CCCNC1CCC(CC)CC1Sc1cccc(F)c1. The summed E-state index contributed by atoms with van der Waals surface area (Å²) in [6.07, 6.45) is 6.27. The van der Waals surface area contributed by atoms with E-state index in [1.165, 1.54) is 38.2 Å². The molecule has 0 saturated heterocycles. The van der Waals surface area contributed by atoms with Crippen LogP contribution in [0, 0.1) is 11.7 Å². The maximum Gasteiger partial charge on any atom is 0.124 e. The molecule has 0 amide bonds. The molecule has 0 aliphatic heterocycles. The van der Waals surface area contributed by atoms with Crippen LogP contribution in [0.25, 0.3) is 0 Å². The van der Waals surface area contributed by atoms with E-state index in [0.717, 1.165) is 17.4 Å². The van der Waals surface area contributed by atoms with Gasteiger partial charge in [-0.05, 0) is 56.3 Å². The van der Waals surface area contributed by atoms with Gasteiger partial charge >= 0.3 is 0 Å². The highest BCUT2D eigenvalue weighted by Crippen LogP contribution is 2.37. The van der Waals surface area contributed by atoms with E-state index in [0.29, 0.717) is 11.3 Å². The van der Waals surface area contributed by atoms with Crippen LogP contribution in [-0.2, 0) is 0 Å². The van der Waals surface area contributed by atoms with E-state index in [-0.39, 0.29) is 5.82 Å². The smallest absolute Gasteiger partial charge is 0.124 e. The minimum atomic E-state index is -0.129. The minimum Gasteiger partial charge on any atom is -0.313 e. The van der Waals surface area contributed by atoms with Gasteiger partial charge < -0.3 is 5.32 Å². The van der Waals surface area contributed by atoms with Crippen LogP contribution in [0.3, 0.4) is 0 Å². The number of hydrogen-bond donors (Lipinski definition) is 1. The molecule has 1 N–H and O–H groups in total. The van der Waals surface area contributed by atoms with E-state index in [2.05, 4.69) is 19.2 Å². The molecule has 1 nitrogen and oxygen atoms in total. The predicted molar refractivity (Wildman–Crippen MR) is 85.8 cm³/mol. The minimum absolute atomic E-state index is 0.129. The third-order valence-corrected chi connectivity index (χ3v) is 5.57. The second-order valence-corrected chi connectivity index (χ2v) is 7.07. The van der Waals surface area contributed by atoms with Crippen LogP contribution in [0.5, 0.6) is 0 Å². The van der Waals surface area contributed by atoms with Crippen LogP contribution in [0.4, 0.5) is 4.39 Å². The molecule has 2 rings (SSSR count). The number of thioether (sulfide) groups is 1. The van der Waals surface area contributed by atoms with Gasteiger partial charge in [0, 0.05) is 16.2 Å². The lowest BCUT2D eigenvalue weighted by molar-refractivity contribution is 0.295. The Labute approximate surface area is 126 Å². The van der Waals surface area contributed by atoms with E-state index < -0.39 is 0 Å². The molecule has 0 radical (unpaired) electrons. The first-order chi connectivity index (χ1) is 9.72. The third-order valence-electron chi connectivity index (χ3n) is 4.22. The van der Waals surface area contributed by atoms with Gasteiger partial charge in [-0.3, -0.25) is 0 Å². The van der Waals surface area contributed by atoms with Gasteiger partial charge in [0.05, 0.1) is 0 Å². The average molecular weight is 295 g/mol. The Hall–Kier alpha value is -0.540. The Morgan fingerprint density at radius 2 is 2.15 bits per heavy atom. The van der Waals surface area contributed by atoms with Gasteiger partial charge in [0.1, 0.15) is 5.82 Å². The maximum absolute atomic E-state index is 13.3. The largest absolute Gasteiger partial charge is 0.313 e. The van der Waals surface area contributed by atoms with Crippen LogP contribution >= 0.6 is 11.8 Å². The van der Waals surface area contributed by atoms with Gasteiger partial charge in [-0.2, -0.15) is 0 Å². The number of nitrogens with one attached hydrogen (secondary N) is 1. The van der Waals surface area contributed by atoms with Crippen LogP contribution in [0.15, 0.2) is 29.2 Å². The van der Waals surface area contributed by atoms with Gasteiger partial charge in [0.25, 0.3) is 0 Å². The van der Waals surface area contributed by atoms with E-state index in [9.17, 15) is 4.39 Å². The zero-order valence-electron chi connectivity index (χ0n) is 12.6. The molecule has 3 unspecified atom stereocenters. The van der Waals surface area contributed by atoms with Crippen molar-refractivity contribution in [1.82, 2.24) is 5.32 Å². The van der Waals surface area contributed by atoms with Gasteiger partial charge in [0.15, 0.2) is 0 Å². The zero-order valence-corrected chi connectivity index (χ0v) is 13.4. The summed E-state index contributed by atoms with van der Waals surface area (Å²) in [6.45, 7) is 5.58. The number of rotatable bonds is 6. The molecule has 1 saturated carbocycles. The Morgan fingerprint density at radius 1 is 1.30 bits per heavy atom. The summed E-state index contributed by atoms with van der Waals surface area (Å²) in [5.41, 5.74) is 0. The summed E-state index contributed by atoms with van der Waals surface area (Å²) in [6, 6.07) is 7.60. The molecule has 112 valence electrons. The van der Waals surface area contributed by atoms with Crippen molar-refractivity contribution in [2.45, 2.75) is 62.1 Å². The zero-order chi connectivity index (χ0) is 14.4. The second kappa shape index (κ2) is 8.04. The lowest BCUT2D eigenvalue weighted by Crippen LogP contribution is -2.42. The van der Waals surface area contributed by atoms with Crippen LogP contribution < -0.4 is 5.32 Å². The molecule has 1 aromatic carbocycles. The standard InChI is InChI=1S/C17H26FNS/c1-3-10-19-16-9-8-13(4-2)11-17(16)20-15-7-5-6-14(18)12-15/h5-7,12-13,16-17,19H,3-4,8-11H2,1-2H3. The molecule has 0 aromatic heterocycles. The highest BCUT2D eigenvalue weighted by Gasteiger charge is 2.30. The van der Waals surface area contributed by atoms with Gasteiger partial charge in [0.2, 0.25) is 0 Å². The molecule has 0 bridgehead atoms. The topological polar surface area (TPSA) is 12.0 Å². The summed E-state index contributed by atoms with van der Waals surface area (Å²) < 4.78 is 13.3. The maximum atomic E-state index is 13.3. The molecule has 3 heteroatoms. The third kappa shape index (κ3) is 4.49. The van der Waals surface area contributed by atoms with E-state index in [4.69, 9.17) is 0 Å². The van der Waals surface area contributed by atoms with Gasteiger partial charge in [-0.15, -0.1) is 11.8 Å². The van der Waals surface area contributed by atoms with Crippen LogP contribution in [-0.4, -0.2) is 17.8 Å². The van der Waals surface area contributed by atoms with Crippen molar-refractivity contribution in [1.29, 1.82) is 0 Å². The van der Waals surface area contributed by atoms with Crippen molar-refractivity contribution < 1.29 is 4.39 Å². The average Bonchev–Trinajstić information content (AvgIpc) is 2.46. The quantitative estimate of drug-likeness (QED) is 0.804. The first kappa shape index (κ1) is 15.8. The lowest BCUT2D eigenvalue weighted by Gasteiger charge is -2.36. The van der Waals surface area contributed by atoms with Gasteiger partial charge in [-0.1, -0.05) is 26.3 Å². The van der Waals surface area contributed by atoms with E-state index >= 15 is 0 Å². The Balaban J connectivity index is 2.02. The monoisotopic (exact) mass is 295 g/mol. The molecule has 1 aliphatic carbocycles. The summed E-state index contributed by atoms with van der Waals surface area (Å²) in [5, 5.41) is 4.26. The molecular weight excluding hydrogens is 269 g/mol. The molecule has 1 aromatic rings. The first-order valence-corrected chi connectivity index (χ1v) is 8.76. The van der Waals surface area contributed by atoms with Crippen molar-refractivity contribution in [3.63, 3.8) is 0 Å². The number of benzene rings is 1. The van der Waals surface area contributed by atoms with Crippen molar-refractivity contribution >= 4 is 11.8 Å². The Morgan fingerprint density at radius 3 is 2.85 bits per heavy atom. The molecule has 20 heavy (non-hydrogen) atoms. The molecule has 0 heterocycles.